The fraction of sp³-hybridized carbons (Fsp3) is 0.500. The van der Waals surface area contributed by atoms with Crippen molar-refractivity contribution >= 4 is 5.91 Å². The van der Waals surface area contributed by atoms with E-state index in [1.165, 1.54) is 0 Å². The first-order valence-corrected chi connectivity index (χ1v) is 6.29. The number of hydrogen-bond donors (Lipinski definition) is 1. The summed E-state index contributed by atoms with van der Waals surface area (Å²) >= 11 is 0. The molecule has 0 bridgehead atoms. The predicted molar refractivity (Wildman–Crippen MR) is 72.5 cm³/mol. The molecule has 0 fully saturated rings. The number of benzene rings is 1. The molecular formula is C14H22N2O2. The predicted octanol–water partition coefficient (Wildman–Crippen LogP) is 1.95. The van der Waals surface area contributed by atoms with Crippen LogP contribution in [0.4, 0.5) is 0 Å². The quantitative estimate of drug-likeness (QED) is 0.839. The average molecular weight is 250 g/mol. The number of nitrogens with two attached hydrogens (primary N) is 1. The van der Waals surface area contributed by atoms with Crippen molar-refractivity contribution < 1.29 is 9.53 Å². The van der Waals surface area contributed by atoms with Gasteiger partial charge in [-0.25, -0.2) is 0 Å². The Morgan fingerprint density at radius 2 is 1.83 bits per heavy atom. The second-order valence-corrected chi connectivity index (χ2v) is 4.15. The molecule has 2 N–H and O–H groups in total. The Hall–Kier alpha value is -1.55. The third kappa shape index (κ3) is 3.74. The van der Waals surface area contributed by atoms with Crippen molar-refractivity contribution in [1.29, 1.82) is 0 Å². The van der Waals surface area contributed by atoms with Crippen LogP contribution < -0.4 is 10.5 Å². The van der Waals surface area contributed by atoms with Crippen molar-refractivity contribution in [3.05, 3.63) is 29.8 Å². The maximum Gasteiger partial charge on any atom is 0.224 e. The molecule has 4 heteroatoms. The molecule has 4 nitrogen and oxygen atoms in total. The van der Waals surface area contributed by atoms with Gasteiger partial charge >= 0.3 is 0 Å². The standard InChI is InChI=1S/C14H22N2O2/c1-4-16(5-2)14(17)10-13(15)11-6-8-12(18-3)9-7-11/h6-9,13H,4-5,10,15H2,1-3H3. The number of methoxy groups -OCH3 is 1. The van der Waals surface area contributed by atoms with Gasteiger partial charge in [0.15, 0.2) is 0 Å². The van der Waals surface area contributed by atoms with Crippen LogP contribution in [0.5, 0.6) is 5.75 Å². The highest BCUT2D eigenvalue weighted by Gasteiger charge is 2.15. The summed E-state index contributed by atoms with van der Waals surface area (Å²) < 4.78 is 5.09. The summed E-state index contributed by atoms with van der Waals surface area (Å²) in [5.41, 5.74) is 7.00. The van der Waals surface area contributed by atoms with Gasteiger partial charge in [-0.2, -0.15) is 0 Å². The molecule has 0 radical (unpaired) electrons. The molecule has 0 saturated carbocycles. The molecule has 1 aromatic carbocycles. The van der Waals surface area contributed by atoms with E-state index in [1.54, 1.807) is 12.0 Å². The van der Waals surface area contributed by atoms with Crippen LogP contribution in [0.15, 0.2) is 24.3 Å². The zero-order valence-electron chi connectivity index (χ0n) is 11.3. The first-order chi connectivity index (χ1) is 8.62. The minimum atomic E-state index is -0.260. The summed E-state index contributed by atoms with van der Waals surface area (Å²) in [4.78, 5) is 13.7. The molecular weight excluding hydrogens is 228 g/mol. The van der Waals surface area contributed by atoms with E-state index in [4.69, 9.17) is 10.5 Å². The number of carbonyl (C=O) groups is 1. The molecule has 1 atom stereocenters. The topological polar surface area (TPSA) is 55.6 Å². The van der Waals surface area contributed by atoms with Gasteiger partial charge in [0.05, 0.1) is 7.11 Å². The van der Waals surface area contributed by atoms with Gasteiger partial charge in [-0.15, -0.1) is 0 Å². The fourth-order valence-corrected chi connectivity index (χ4v) is 1.86. The Balaban J connectivity index is 2.63. The van der Waals surface area contributed by atoms with E-state index < -0.39 is 0 Å². The van der Waals surface area contributed by atoms with E-state index in [0.717, 1.165) is 24.4 Å². The van der Waals surface area contributed by atoms with Gasteiger partial charge in [-0.1, -0.05) is 12.1 Å². The Bertz CT molecular complexity index is 372. The van der Waals surface area contributed by atoms with Crippen LogP contribution in [0.2, 0.25) is 0 Å². The number of rotatable bonds is 6. The molecule has 100 valence electrons. The van der Waals surface area contributed by atoms with E-state index in [-0.39, 0.29) is 11.9 Å². The van der Waals surface area contributed by atoms with Gasteiger partial charge in [-0.05, 0) is 31.5 Å². The summed E-state index contributed by atoms with van der Waals surface area (Å²) in [7, 11) is 1.62. The van der Waals surface area contributed by atoms with E-state index in [9.17, 15) is 4.79 Å². The number of amides is 1. The van der Waals surface area contributed by atoms with Crippen molar-refractivity contribution in [3.63, 3.8) is 0 Å². The molecule has 0 saturated heterocycles. The molecule has 0 spiro atoms. The third-order valence-electron chi connectivity index (χ3n) is 3.05. The first-order valence-electron chi connectivity index (χ1n) is 6.29. The molecule has 0 aliphatic heterocycles. The molecule has 0 heterocycles. The van der Waals surface area contributed by atoms with Crippen LogP contribution >= 0.6 is 0 Å². The molecule has 1 aromatic rings. The maximum absolute atomic E-state index is 11.9. The van der Waals surface area contributed by atoms with Crippen molar-refractivity contribution in [2.24, 2.45) is 5.73 Å². The molecule has 0 aliphatic rings. The van der Waals surface area contributed by atoms with E-state index in [0.29, 0.717) is 6.42 Å². The average Bonchev–Trinajstić information content (AvgIpc) is 2.40. The molecule has 0 aliphatic carbocycles. The lowest BCUT2D eigenvalue weighted by Gasteiger charge is -2.21. The number of carbonyl (C=O) groups excluding carboxylic acids is 1. The van der Waals surface area contributed by atoms with Crippen LogP contribution in [-0.4, -0.2) is 31.0 Å². The highest BCUT2D eigenvalue weighted by molar-refractivity contribution is 5.77. The van der Waals surface area contributed by atoms with Gasteiger partial charge in [0.1, 0.15) is 5.75 Å². The minimum Gasteiger partial charge on any atom is -0.497 e. The largest absolute Gasteiger partial charge is 0.497 e. The molecule has 1 amide bonds. The fourth-order valence-electron chi connectivity index (χ4n) is 1.86. The normalized spacial score (nSPS) is 12.0. The second-order valence-electron chi connectivity index (χ2n) is 4.15. The number of nitrogens with zero attached hydrogens (tertiary/aromatic N) is 1. The van der Waals surface area contributed by atoms with Crippen molar-refractivity contribution in [2.45, 2.75) is 26.3 Å². The van der Waals surface area contributed by atoms with Gasteiger partial charge in [-0.3, -0.25) is 4.79 Å². The van der Waals surface area contributed by atoms with E-state index >= 15 is 0 Å². The van der Waals surface area contributed by atoms with Gasteiger partial charge in [0.2, 0.25) is 5.91 Å². The highest BCUT2D eigenvalue weighted by Crippen LogP contribution is 2.19. The third-order valence-corrected chi connectivity index (χ3v) is 3.05. The van der Waals surface area contributed by atoms with Crippen LogP contribution in [0, 0.1) is 0 Å². The lowest BCUT2D eigenvalue weighted by molar-refractivity contribution is -0.131. The van der Waals surface area contributed by atoms with Gasteiger partial charge in [0.25, 0.3) is 0 Å². The Morgan fingerprint density at radius 1 is 1.28 bits per heavy atom. The van der Waals surface area contributed by atoms with Crippen LogP contribution in [0.25, 0.3) is 0 Å². The summed E-state index contributed by atoms with van der Waals surface area (Å²) in [6, 6.07) is 7.26. The lowest BCUT2D eigenvalue weighted by Crippen LogP contribution is -2.32. The Morgan fingerprint density at radius 3 is 2.28 bits per heavy atom. The summed E-state index contributed by atoms with van der Waals surface area (Å²) in [5, 5.41) is 0. The van der Waals surface area contributed by atoms with Crippen LogP contribution in [0.3, 0.4) is 0 Å². The van der Waals surface area contributed by atoms with Gasteiger partial charge < -0.3 is 15.4 Å². The second kappa shape index (κ2) is 7.01. The molecule has 1 rings (SSSR count). The Kier molecular flexibility index (Phi) is 5.65. The highest BCUT2D eigenvalue weighted by atomic mass is 16.5. The number of hydrogen-bond acceptors (Lipinski definition) is 3. The monoisotopic (exact) mass is 250 g/mol. The lowest BCUT2D eigenvalue weighted by atomic mass is 10.0. The zero-order valence-corrected chi connectivity index (χ0v) is 11.3. The van der Waals surface area contributed by atoms with Crippen molar-refractivity contribution in [2.75, 3.05) is 20.2 Å². The van der Waals surface area contributed by atoms with E-state index in [2.05, 4.69) is 0 Å². The van der Waals surface area contributed by atoms with E-state index in [1.807, 2.05) is 38.1 Å². The zero-order chi connectivity index (χ0) is 13.5. The van der Waals surface area contributed by atoms with Crippen LogP contribution in [0.1, 0.15) is 31.9 Å². The van der Waals surface area contributed by atoms with Crippen LogP contribution in [-0.2, 0) is 4.79 Å². The van der Waals surface area contributed by atoms with Gasteiger partial charge in [0, 0.05) is 25.6 Å². The smallest absolute Gasteiger partial charge is 0.224 e. The summed E-state index contributed by atoms with van der Waals surface area (Å²) in [6.07, 6.45) is 0.341. The van der Waals surface area contributed by atoms with Crippen molar-refractivity contribution in [3.8, 4) is 5.75 Å². The molecule has 0 aromatic heterocycles. The summed E-state index contributed by atoms with van der Waals surface area (Å²) in [5.74, 6) is 0.893. The molecule has 18 heavy (non-hydrogen) atoms. The molecule has 1 unspecified atom stereocenters. The number of ether oxygens (including phenoxy) is 1. The first kappa shape index (κ1) is 14.5. The minimum absolute atomic E-state index is 0.100. The maximum atomic E-state index is 11.9. The summed E-state index contributed by atoms with van der Waals surface area (Å²) in [6.45, 7) is 5.40. The SMILES string of the molecule is CCN(CC)C(=O)CC(N)c1ccc(OC)cc1. The van der Waals surface area contributed by atoms with Crippen molar-refractivity contribution in [1.82, 2.24) is 4.90 Å². The Labute approximate surface area is 109 Å².